The predicted octanol–water partition coefficient (Wildman–Crippen LogP) is 0.646. The minimum Gasteiger partial charge on any atom is -0.497 e. The maximum absolute atomic E-state index is 12.3. The normalized spacial score (nSPS) is 18.2. The Labute approximate surface area is 139 Å². The number of nitrogens with one attached hydrogen (secondary N) is 1. The van der Waals surface area contributed by atoms with Crippen LogP contribution in [-0.4, -0.2) is 49.7 Å². The molecular formula is C16H20N2O6. The Balaban J connectivity index is 2.15. The van der Waals surface area contributed by atoms with E-state index in [1.54, 1.807) is 18.2 Å². The zero-order chi connectivity index (χ0) is 17.9. The molecule has 1 aliphatic heterocycles. The van der Waals surface area contributed by atoms with E-state index < -0.39 is 23.8 Å². The van der Waals surface area contributed by atoms with E-state index in [9.17, 15) is 14.4 Å². The second-order valence-corrected chi connectivity index (χ2v) is 5.51. The zero-order valence-corrected chi connectivity index (χ0v) is 13.7. The monoisotopic (exact) mass is 336 g/mol. The average Bonchev–Trinajstić information content (AvgIpc) is 2.95. The number of rotatable bonds is 6. The fraction of sp³-hybridized carbons (Fsp3) is 0.438. The van der Waals surface area contributed by atoms with Crippen molar-refractivity contribution in [3.8, 4) is 11.5 Å². The molecule has 1 aromatic carbocycles. The van der Waals surface area contributed by atoms with Crippen LogP contribution in [0.3, 0.4) is 0 Å². The molecular weight excluding hydrogens is 316 g/mol. The summed E-state index contributed by atoms with van der Waals surface area (Å²) in [5.74, 6) is -1.35. The SMILES string of the molecule is COc1ccc(N2C[C@@H](C(=O)N[C@H](C)C(=O)O)CC2=O)c(OC)c1. The number of anilines is 1. The van der Waals surface area contributed by atoms with Gasteiger partial charge in [-0.2, -0.15) is 0 Å². The molecule has 8 heteroatoms. The molecule has 0 saturated carbocycles. The Morgan fingerprint density at radius 2 is 2.04 bits per heavy atom. The van der Waals surface area contributed by atoms with Crippen molar-refractivity contribution < 1.29 is 29.0 Å². The van der Waals surface area contributed by atoms with E-state index >= 15 is 0 Å². The fourth-order valence-corrected chi connectivity index (χ4v) is 2.52. The van der Waals surface area contributed by atoms with Gasteiger partial charge in [-0.1, -0.05) is 0 Å². The third kappa shape index (κ3) is 3.58. The van der Waals surface area contributed by atoms with Gasteiger partial charge in [0.15, 0.2) is 0 Å². The van der Waals surface area contributed by atoms with Crippen LogP contribution >= 0.6 is 0 Å². The quantitative estimate of drug-likeness (QED) is 0.790. The molecule has 1 saturated heterocycles. The first kappa shape index (κ1) is 17.6. The van der Waals surface area contributed by atoms with Crippen LogP contribution in [0.5, 0.6) is 11.5 Å². The van der Waals surface area contributed by atoms with E-state index in [1.165, 1.54) is 26.0 Å². The van der Waals surface area contributed by atoms with Gasteiger partial charge in [-0.05, 0) is 19.1 Å². The van der Waals surface area contributed by atoms with Crippen LogP contribution in [0.15, 0.2) is 18.2 Å². The minimum absolute atomic E-state index is 0.0212. The molecule has 1 fully saturated rings. The van der Waals surface area contributed by atoms with Gasteiger partial charge in [0.1, 0.15) is 17.5 Å². The fourth-order valence-electron chi connectivity index (χ4n) is 2.52. The highest BCUT2D eigenvalue weighted by Gasteiger charge is 2.37. The molecule has 2 rings (SSSR count). The standard InChI is InChI=1S/C16H20N2O6/c1-9(16(21)22)17-15(20)10-6-14(19)18(8-10)12-5-4-11(23-2)7-13(12)24-3/h4-5,7,9-10H,6,8H2,1-3H3,(H,17,20)(H,21,22)/t9-,10+/m1/s1. The van der Waals surface area contributed by atoms with Crippen molar-refractivity contribution in [1.29, 1.82) is 0 Å². The number of hydrogen-bond acceptors (Lipinski definition) is 5. The zero-order valence-electron chi connectivity index (χ0n) is 13.7. The summed E-state index contributed by atoms with van der Waals surface area (Å²) >= 11 is 0. The molecule has 2 N–H and O–H groups in total. The van der Waals surface area contributed by atoms with Gasteiger partial charge >= 0.3 is 5.97 Å². The van der Waals surface area contributed by atoms with Crippen molar-refractivity contribution in [3.63, 3.8) is 0 Å². The summed E-state index contributed by atoms with van der Waals surface area (Å²) in [6.45, 7) is 1.54. The summed E-state index contributed by atoms with van der Waals surface area (Å²) in [5, 5.41) is 11.2. The second-order valence-electron chi connectivity index (χ2n) is 5.51. The number of carbonyl (C=O) groups excluding carboxylic acids is 2. The lowest BCUT2D eigenvalue weighted by Gasteiger charge is -2.20. The second kappa shape index (κ2) is 7.20. The van der Waals surface area contributed by atoms with Gasteiger partial charge in [-0.25, -0.2) is 0 Å². The van der Waals surface area contributed by atoms with Crippen LogP contribution in [0.1, 0.15) is 13.3 Å². The third-order valence-electron chi connectivity index (χ3n) is 3.90. The lowest BCUT2D eigenvalue weighted by molar-refractivity contribution is -0.141. The van der Waals surface area contributed by atoms with Gasteiger partial charge in [-0.15, -0.1) is 0 Å². The van der Waals surface area contributed by atoms with Gasteiger partial charge in [0.05, 0.1) is 25.8 Å². The molecule has 0 spiro atoms. The molecule has 130 valence electrons. The van der Waals surface area contributed by atoms with Crippen LogP contribution in [0, 0.1) is 5.92 Å². The smallest absolute Gasteiger partial charge is 0.325 e. The Morgan fingerprint density at radius 1 is 1.33 bits per heavy atom. The Hall–Kier alpha value is -2.77. The first-order chi connectivity index (χ1) is 11.4. The van der Waals surface area contributed by atoms with E-state index in [0.717, 1.165) is 0 Å². The van der Waals surface area contributed by atoms with E-state index in [1.807, 2.05) is 0 Å². The number of aliphatic carboxylic acids is 1. The summed E-state index contributed by atoms with van der Waals surface area (Å²) in [6.07, 6.45) is 0.0212. The molecule has 2 atom stereocenters. The molecule has 0 aromatic heterocycles. The summed E-state index contributed by atoms with van der Waals surface area (Å²) in [4.78, 5) is 36.7. The minimum atomic E-state index is -1.12. The number of carboxylic acid groups (broad SMARTS) is 1. The molecule has 0 unspecified atom stereocenters. The number of carboxylic acids is 1. The molecule has 8 nitrogen and oxygen atoms in total. The van der Waals surface area contributed by atoms with E-state index in [-0.39, 0.29) is 18.9 Å². The molecule has 1 aliphatic rings. The highest BCUT2D eigenvalue weighted by molar-refractivity contribution is 6.01. The molecule has 24 heavy (non-hydrogen) atoms. The van der Waals surface area contributed by atoms with Crippen molar-refractivity contribution in [2.75, 3.05) is 25.7 Å². The number of benzene rings is 1. The first-order valence-corrected chi connectivity index (χ1v) is 7.43. The maximum atomic E-state index is 12.3. The van der Waals surface area contributed by atoms with E-state index in [2.05, 4.69) is 5.32 Å². The Morgan fingerprint density at radius 3 is 2.62 bits per heavy atom. The van der Waals surface area contributed by atoms with Gasteiger partial charge in [0, 0.05) is 19.0 Å². The summed E-state index contributed by atoms with van der Waals surface area (Å²) in [6, 6.07) is 4.04. The van der Waals surface area contributed by atoms with E-state index in [0.29, 0.717) is 17.2 Å². The first-order valence-electron chi connectivity index (χ1n) is 7.43. The van der Waals surface area contributed by atoms with Crippen LogP contribution in [0.2, 0.25) is 0 Å². The summed E-state index contributed by atoms with van der Waals surface area (Å²) < 4.78 is 10.4. The Kier molecular flexibility index (Phi) is 5.28. The van der Waals surface area contributed by atoms with Crippen molar-refractivity contribution in [2.24, 2.45) is 5.92 Å². The highest BCUT2D eigenvalue weighted by atomic mass is 16.5. The molecule has 1 aromatic rings. The number of nitrogens with zero attached hydrogens (tertiary/aromatic N) is 1. The van der Waals surface area contributed by atoms with Crippen molar-refractivity contribution in [3.05, 3.63) is 18.2 Å². The summed E-state index contributed by atoms with van der Waals surface area (Å²) in [5.41, 5.74) is 0.546. The highest BCUT2D eigenvalue weighted by Crippen LogP contribution is 2.35. The van der Waals surface area contributed by atoms with Crippen LogP contribution in [0.25, 0.3) is 0 Å². The number of amides is 2. The molecule has 0 aliphatic carbocycles. The van der Waals surface area contributed by atoms with Gasteiger partial charge in [0.2, 0.25) is 11.8 Å². The number of methoxy groups -OCH3 is 2. The van der Waals surface area contributed by atoms with Gasteiger partial charge in [-0.3, -0.25) is 14.4 Å². The maximum Gasteiger partial charge on any atom is 0.325 e. The van der Waals surface area contributed by atoms with Gasteiger partial charge in [0.25, 0.3) is 0 Å². The van der Waals surface area contributed by atoms with Crippen LogP contribution in [0.4, 0.5) is 5.69 Å². The molecule has 2 amide bonds. The topological polar surface area (TPSA) is 105 Å². The summed E-state index contributed by atoms with van der Waals surface area (Å²) in [7, 11) is 3.01. The number of carbonyl (C=O) groups is 3. The Bertz CT molecular complexity index is 660. The van der Waals surface area contributed by atoms with Crippen molar-refractivity contribution in [2.45, 2.75) is 19.4 Å². The van der Waals surface area contributed by atoms with Crippen molar-refractivity contribution in [1.82, 2.24) is 5.32 Å². The molecule has 0 radical (unpaired) electrons. The number of hydrogen-bond donors (Lipinski definition) is 2. The molecule has 1 heterocycles. The predicted molar refractivity (Wildman–Crippen MR) is 85.2 cm³/mol. The van der Waals surface area contributed by atoms with Crippen LogP contribution in [-0.2, 0) is 14.4 Å². The lowest BCUT2D eigenvalue weighted by Crippen LogP contribution is -2.42. The molecule has 0 bridgehead atoms. The van der Waals surface area contributed by atoms with Crippen LogP contribution < -0.4 is 19.7 Å². The lowest BCUT2D eigenvalue weighted by atomic mass is 10.1. The largest absolute Gasteiger partial charge is 0.497 e. The third-order valence-corrected chi connectivity index (χ3v) is 3.90. The van der Waals surface area contributed by atoms with Crippen molar-refractivity contribution >= 4 is 23.5 Å². The number of ether oxygens (including phenoxy) is 2. The average molecular weight is 336 g/mol. The van der Waals surface area contributed by atoms with Gasteiger partial charge < -0.3 is 24.8 Å². The van der Waals surface area contributed by atoms with E-state index in [4.69, 9.17) is 14.6 Å².